The van der Waals surface area contributed by atoms with Gasteiger partial charge in [0.05, 0.1) is 18.0 Å². The Morgan fingerprint density at radius 2 is 1.72 bits per heavy atom. The van der Waals surface area contributed by atoms with Crippen LogP contribution >= 0.6 is 0 Å². The lowest BCUT2D eigenvalue weighted by Gasteiger charge is -2.09. The fraction of sp³-hybridized carbons (Fsp3) is 0.111. The van der Waals surface area contributed by atoms with E-state index in [1.54, 1.807) is 7.11 Å². The van der Waals surface area contributed by atoms with Crippen LogP contribution in [0, 0.1) is 13.8 Å². The van der Waals surface area contributed by atoms with Gasteiger partial charge in [-0.05, 0) is 73.5 Å². The number of methoxy groups -OCH3 is 1. The lowest BCUT2D eigenvalue weighted by atomic mass is 10.1. The molecule has 5 heteroatoms. The standard InChI is InChI=1S/C27H23N3O2/c1-17-14-18(2)27-22(15-17)24(16-25(32-27)20-8-11-21(31-3)12-9-20)29-30-26-13-10-19-6-4-5-7-23(19)28-26/h4-16H,1-3H3,(H,28,30). The Morgan fingerprint density at radius 3 is 2.53 bits per heavy atom. The maximum Gasteiger partial charge on any atom is 0.146 e. The van der Waals surface area contributed by atoms with Gasteiger partial charge < -0.3 is 9.15 Å². The molecule has 0 radical (unpaired) electrons. The number of ether oxygens (including phenoxy) is 1. The molecule has 2 heterocycles. The zero-order chi connectivity index (χ0) is 22.1. The van der Waals surface area contributed by atoms with Gasteiger partial charge in [-0.3, -0.25) is 5.43 Å². The van der Waals surface area contributed by atoms with E-state index >= 15 is 0 Å². The van der Waals surface area contributed by atoms with Gasteiger partial charge in [0, 0.05) is 22.4 Å². The number of hydrogen-bond acceptors (Lipinski definition) is 5. The van der Waals surface area contributed by atoms with Gasteiger partial charge in [-0.2, -0.15) is 5.10 Å². The topological polar surface area (TPSA) is 59.6 Å². The summed E-state index contributed by atoms with van der Waals surface area (Å²) in [4.78, 5) is 4.66. The number of benzene rings is 3. The van der Waals surface area contributed by atoms with Gasteiger partial charge in [0.15, 0.2) is 0 Å². The van der Waals surface area contributed by atoms with Gasteiger partial charge >= 0.3 is 0 Å². The molecule has 0 aliphatic rings. The highest BCUT2D eigenvalue weighted by Gasteiger charge is 2.10. The van der Waals surface area contributed by atoms with Crippen molar-refractivity contribution in [3.63, 3.8) is 0 Å². The third kappa shape index (κ3) is 3.81. The van der Waals surface area contributed by atoms with E-state index in [2.05, 4.69) is 36.4 Å². The summed E-state index contributed by atoms with van der Waals surface area (Å²) in [5.41, 5.74) is 8.04. The minimum atomic E-state index is 0.688. The fourth-order valence-corrected chi connectivity index (χ4v) is 3.86. The number of aromatic nitrogens is 1. The predicted octanol–water partition coefficient (Wildman–Crippen LogP) is 6.20. The van der Waals surface area contributed by atoms with Crippen LogP contribution in [0.2, 0.25) is 0 Å². The first kappa shape index (κ1) is 19.8. The number of nitrogens with one attached hydrogen (secondary N) is 1. The van der Waals surface area contributed by atoms with Crippen LogP contribution < -0.4 is 15.5 Å². The van der Waals surface area contributed by atoms with Crippen LogP contribution in [0.3, 0.4) is 0 Å². The van der Waals surface area contributed by atoms with E-state index in [9.17, 15) is 0 Å². The highest BCUT2D eigenvalue weighted by Crippen LogP contribution is 2.26. The SMILES string of the molecule is COc1ccc(-c2cc(=NNc3ccc4ccccc4n3)c3cc(C)cc(C)c3o2)cc1. The lowest BCUT2D eigenvalue weighted by Crippen LogP contribution is -2.09. The number of nitrogens with zero attached hydrogens (tertiary/aromatic N) is 2. The van der Waals surface area contributed by atoms with Crippen LogP contribution in [-0.4, -0.2) is 12.1 Å². The first-order valence-electron chi connectivity index (χ1n) is 10.5. The molecule has 0 bridgehead atoms. The number of rotatable bonds is 4. The third-order valence-electron chi connectivity index (χ3n) is 5.44. The smallest absolute Gasteiger partial charge is 0.146 e. The molecular weight excluding hydrogens is 398 g/mol. The summed E-state index contributed by atoms with van der Waals surface area (Å²) in [5.74, 6) is 2.22. The molecule has 1 N–H and O–H groups in total. The van der Waals surface area contributed by atoms with Crippen molar-refractivity contribution >= 4 is 27.7 Å². The number of anilines is 1. The van der Waals surface area contributed by atoms with E-state index < -0.39 is 0 Å². The maximum absolute atomic E-state index is 6.31. The molecule has 0 unspecified atom stereocenters. The van der Waals surface area contributed by atoms with Crippen LogP contribution in [0.4, 0.5) is 5.82 Å². The van der Waals surface area contributed by atoms with Gasteiger partial charge in [-0.25, -0.2) is 4.98 Å². The molecule has 32 heavy (non-hydrogen) atoms. The van der Waals surface area contributed by atoms with Crippen molar-refractivity contribution in [1.29, 1.82) is 0 Å². The van der Waals surface area contributed by atoms with Crippen molar-refractivity contribution in [2.75, 3.05) is 12.5 Å². The summed E-state index contributed by atoms with van der Waals surface area (Å²) in [5, 5.41) is 7.55. The summed E-state index contributed by atoms with van der Waals surface area (Å²) >= 11 is 0. The molecule has 2 aromatic heterocycles. The van der Waals surface area contributed by atoms with Gasteiger partial charge in [-0.15, -0.1) is 0 Å². The number of pyridine rings is 1. The maximum atomic E-state index is 6.31. The van der Waals surface area contributed by atoms with E-state index in [-0.39, 0.29) is 0 Å². The van der Waals surface area contributed by atoms with Crippen LogP contribution in [-0.2, 0) is 0 Å². The molecule has 0 atom stereocenters. The molecule has 5 aromatic rings. The molecule has 0 spiro atoms. The van der Waals surface area contributed by atoms with Gasteiger partial charge in [0.1, 0.15) is 22.9 Å². The van der Waals surface area contributed by atoms with E-state index in [1.165, 1.54) is 0 Å². The molecule has 5 nitrogen and oxygen atoms in total. The van der Waals surface area contributed by atoms with Crippen molar-refractivity contribution in [3.8, 4) is 17.1 Å². The van der Waals surface area contributed by atoms with Crippen molar-refractivity contribution in [2.45, 2.75) is 13.8 Å². The molecular formula is C27H23N3O2. The summed E-state index contributed by atoms with van der Waals surface area (Å²) in [6.45, 7) is 4.13. The largest absolute Gasteiger partial charge is 0.497 e. The predicted molar refractivity (Wildman–Crippen MR) is 129 cm³/mol. The summed E-state index contributed by atoms with van der Waals surface area (Å²) in [6.07, 6.45) is 0. The average molecular weight is 422 g/mol. The zero-order valence-electron chi connectivity index (χ0n) is 18.2. The van der Waals surface area contributed by atoms with E-state index in [1.807, 2.05) is 66.7 Å². The van der Waals surface area contributed by atoms with Crippen molar-refractivity contribution in [1.82, 2.24) is 4.98 Å². The van der Waals surface area contributed by atoms with Gasteiger partial charge in [0.2, 0.25) is 0 Å². The Hall–Kier alpha value is -4.12. The minimum absolute atomic E-state index is 0.688. The monoisotopic (exact) mass is 421 g/mol. The molecule has 0 amide bonds. The summed E-state index contributed by atoms with van der Waals surface area (Å²) in [7, 11) is 1.66. The van der Waals surface area contributed by atoms with Crippen LogP contribution in [0.25, 0.3) is 33.2 Å². The Labute approximate surface area is 186 Å². The average Bonchev–Trinajstić information content (AvgIpc) is 2.82. The fourth-order valence-electron chi connectivity index (χ4n) is 3.86. The second-order valence-corrected chi connectivity index (χ2v) is 7.80. The number of hydrogen-bond donors (Lipinski definition) is 1. The van der Waals surface area contributed by atoms with Crippen molar-refractivity contribution in [2.24, 2.45) is 5.10 Å². The third-order valence-corrected chi connectivity index (χ3v) is 5.44. The van der Waals surface area contributed by atoms with Gasteiger partial charge in [-0.1, -0.05) is 24.3 Å². The highest BCUT2D eigenvalue weighted by atomic mass is 16.5. The lowest BCUT2D eigenvalue weighted by molar-refractivity contribution is 0.415. The van der Waals surface area contributed by atoms with E-state index in [4.69, 9.17) is 14.3 Å². The minimum Gasteiger partial charge on any atom is -0.497 e. The quantitative estimate of drug-likeness (QED) is 0.351. The van der Waals surface area contributed by atoms with Gasteiger partial charge in [0.25, 0.3) is 0 Å². The molecule has 158 valence electrons. The van der Waals surface area contributed by atoms with Crippen molar-refractivity contribution in [3.05, 3.63) is 95.3 Å². The second kappa shape index (κ2) is 8.19. The molecule has 3 aromatic carbocycles. The molecule has 0 fully saturated rings. The Morgan fingerprint density at radius 1 is 0.906 bits per heavy atom. The van der Waals surface area contributed by atoms with Crippen LogP contribution in [0.15, 0.2) is 88.4 Å². The van der Waals surface area contributed by atoms with Crippen molar-refractivity contribution < 1.29 is 9.15 Å². The normalized spacial score (nSPS) is 11.8. The Bertz CT molecular complexity index is 1500. The molecule has 0 saturated heterocycles. The first-order valence-corrected chi connectivity index (χ1v) is 10.5. The number of aryl methyl sites for hydroxylation is 2. The van der Waals surface area contributed by atoms with E-state index in [0.29, 0.717) is 5.82 Å². The van der Waals surface area contributed by atoms with E-state index in [0.717, 1.165) is 55.4 Å². The molecule has 0 aliphatic heterocycles. The molecule has 0 saturated carbocycles. The summed E-state index contributed by atoms with van der Waals surface area (Å²) in [6, 6.07) is 26.0. The highest BCUT2D eigenvalue weighted by molar-refractivity contribution is 5.82. The zero-order valence-corrected chi connectivity index (χ0v) is 18.2. The number of para-hydroxylation sites is 1. The van der Waals surface area contributed by atoms with Crippen LogP contribution in [0.1, 0.15) is 11.1 Å². The molecule has 0 aliphatic carbocycles. The summed E-state index contributed by atoms with van der Waals surface area (Å²) < 4.78 is 11.6. The first-order chi connectivity index (χ1) is 15.6. The molecule has 5 rings (SSSR count). The second-order valence-electron chi connectivity index (χ2n) is 7.80. The Kier molecular flexibility index (Phi) is 5.07. The van der Waals surface area contributed by atoms with Crippen LogP contribution in [0.5, 0.6) is 5.75 Å². The number of fused-ring (bicyclic) bond motifs is 2. The Balaban J connectivity index is 1.65.